The van der Waals surface area contributed by atoms with E-state index in [2.05, 4.69) is 20.3 Å². The molecule has 0 amide bonds. The maximum Gasteiger partial charge on any atom is 0.322 e. The first-order valence-corrected chi connectivity index (χ1v) is 5.99. The van der Waals surface area contributed by atoms with Gasteiger partial charge in [-0.3, -0.25) is 0 Å². The zero-order chi connectivity index (χ0) is 13.2. The predicted octanol–water partition coefficient (Wildman–Crippen LogP) is 0.273. The topological polar surface area (TPSA) is 83.4 Å². The normalized spacial score (nSPS) is 18.6. The Hall–Kier alpha value is -1.63. The third-order valence-corrected chi connectivity index (χ3v) is 3.13. The second kappa shape index (κ2) is 4.93. The molecule has 1 aliphatic rings. The Kier molecular flexibility index (Phi) is 3.51. The van der Waals surface area contributed by atoms with Gasteiger partial charge in [-0.1, -0.05) is 0 Å². The smallest absolute Gasteiger partial charge is 0.322 e. The first kappa shape index (κ1) is 12.8. The Balaban J connectivity index is 2.18. The molecule has 2 heterocycles. The van der Waals surface area contributed by atoms with Gasteiger partial charge < -0.3 is 20.1 Å². The van der Waals surface area contributed by atoms with Crippen LogP contribution in [0.4, 0.5) is 11.9 Å². The number of hydrogen-bond donors (Lipinski definition) is 2. The van der Waals surface area contributed by atoms with Gasteiger partial charge in [-0.15, -0.1) is 0 Å². The highest BCUT2D eigenvalue weighted by atomic mass is 16.5. The molecule has 0 radical (unpaired) electrons. The molecule has 2 rings (SSSR count). The predicted molar refractivity (Wildman–Crippen MR) is 68.0 cm³/mol. The van der Waals surface area contributed by atoms with Crippen molar-refractivity contribution in [3.63, 3.8) is 0 Å². The molecule has 2 N–H and O–H groups in total. The quantitative estimate of drug-likeness (QED) is 0.800. The van der Waals surface area contributed by atoms with Gasteiger partial charge in [0.25, 0.3) is 0 Å². The van der Waals surface area contributed by atoms with Gasteiger partial charge in [0, 0.05) is 20.1 Å². The summed E-state index contributed by atoms with van der Waals surface area (Å²) in [6, 6.07) is 0.293. The molecule has 0 aromatic carbocycles. The van der Waals surface area contributed by atoms with Crippen LogP contribution in [0.1, 0.15) is 19.8 Å². The molecule has 7 nitrogen and oxygen atoms in total. The number of methoxy groups -OCH3 is 1. The molecule has 0 bridgehead atoms. The van der Waals surface area contributed by atoms with Crippen LogP contribution in [0.2, 0.25) is 0 Å². The average Bonchev–Trinajstić information content (AvgIpc) is 2.38. The summed E-state index contributed by atoms with van der Waals surface area (Å²) >= 11 is 0. The third-order valence-electron chi connectivity index (χ3n) is 3.13. The van der Waals surface area contributed by atoms with E-state index in [1.807, 2.05) is 11.8 Å². The van der Waals surface area contributed by atoms with Crippen molar-refractivity contribution in [2.45, 2.75) is 25.4 Å². The summed E-state index contributed by atoms with van der Waals surface area (Å²) in [6.07, 6.45) is 1.41. The second-order valence-corrected chi connectivity index (χ2v) is 4.68. The van der Waals surface area contributed by atoms with Crippen LogP contribution in [0.15, 0.2) is 0 Å². The minimum Gasteiger partial charge on any atom is -0.467 e. The van der Waals surface area contributed by atoms with Crippen molar-refractivity contribution in [1.29, 1.82) is 0 Å². The van der Waals surface area contributed by atoms with Crippen LogP contribution in [0.25, 0.3) is 0 Å². The van der Waals surface area contributed by atoms with Crippen LogP contribution in [0, 0.1) is 0 Å². The maximum atomic E-state index is 9.92. The molecule has 0 spiro atoms. The number of ether oxygens (including phenoxy) is 1. The van der Waals surface area contributed by atoms with Crippen LogP contribution >= 0.6 is 0 Å². The molecule has 1 aromatic heterocycles. The molecule has 1 saturated heterocycles. The van der Waals surface area contributed by atoms with Gasteiger partial charge in [-0.2, -0.15) is 15.0 Å². The van der Waals surface area contributed by atoms with E-state index in [1.165, 1.54) is 7.11 Å². The van der Waals surface area contributed by atoms with Crippen LogP contribution in [-0.2, 0) is 0 Å². The minimum atomic E-state index is -0.584. The molecule has 0 atom stereocenters. The van der Waals surface area contributed by atoms with Crippen molar-refractivity contribution < 1.29 is 9.84 Å². The Labute approximate surface area is 106 Å². The highest BCUT2D eigenvalue weighted by Crippen LogP contribution is 2.24. The van der Waals surface area contributed by atoms with Gasteiger partial charge in [-0.05, 0) is 19.8 Å². The summed E-state index contributed by atoms with van der Waals surface area (Å²) in [7, 11) is 3.28. The molecule has 0 aliphatic carbocycles. The van der Waals surface area contributed by atoms with Crippen LogP contribution in [-0.4, -0.2) is 52.9 Å². The van der Waals surface area contributed by atoms with Gasteiger partial charge in [0.05, 0.1) is 12.7 Å². The first-order chi connectivity index (χ1) is 8.54. The summed E-state index contributed by atoms with van der Waals surface area (Å²) in [5.41, 5.74) is -0.584. The van der Waals surface area contributed by atoms with E-state index in [4.69, 9.17) is 4.74 Å². The number of aromatic nitrogens is 3. The van der Waals surface area contributed by atoms with E-state index in [-0.39, 0.29) is 0 Å². The fourth-order valence-electron chi connectivity index (χ4n) is 1.88. The highest BCUT2D eigenvalue weighted by Gasteiger charge is 2.28. The van der Waals surface area contributed by atoms with Crippen molar-refractivity contribution in [2.75, 3.05) is 37.5 Å². The molecule has 1 aromatic rings. The van der Waals surface area contributed by atoms with Crippen LogP contribution in [0.3, 0.4) is 0 Å². The van der Waals surface area contributed by atoms with E-state index in [0.717, 1.165) is 13.1 Å². The monoisotopic (exact) mass is 253 g/mol. The largest absolute Gasteiger partial charge is 0.467 e. The zero-order valence-electron chi connectivity index (χ0n) is 11.0. The fourth-order valence-corrected chi connectivity index (χ4v) is 1.88. The number of aliphatic hydroxyl groups is 1. The van der Waals surface area contributed by atoms with E-state index in [0.29, 0.717) is 30.7 Å². The lowest BCUT2D eigenvalue weighted by atomic mass is 9.94. The Bertz CT molecular complexity index is 392. The van der Waals surface area contributed by atoms with Gasteiger partial charge in [-0.25, -0.2) is 0 Å². The van der Waals surface area contributed by atoms with E-state index in [9.17, 15) is 5.11 Å². The fraction of sp³-hybridized carbons (Fsp3) is 0.727. The maximum absolute atomic E-state index is 9.92. The molecular formula is C11H19N5O2. The third kappa shape index (κ3) is 2.79. The summed E-state index contributed by atoms with van der Waals surface area (Å²) in [5.74, 6) is 1.07. The molecule has 18 heavy (non-hydrogen) atoms. The molecule has 1 aliphatic heterocycles. The standard InChI is InChI=1S/C11H19N5O2/c1-11(17)4-6-16(7-5-11)9-13-8(12-2)14-10(15-9)18-3/h17H,4-7H2,1-3H3,(H,12,13,14,15). The highest BCUT2D eigenvalue weighted by molar-refractivity contribution is 5.38. The Morgan fingerprint density at radius 2 is 1.94 bits per heavy atom. The number of anilines is 2. The van der Waals surface area contributed by atoms with Crippen molar-refractivity contribution in [3.05, 3.63) is 0 Å². The van der Waals surface area contributed by atoms with Crippen molar-refractivity contribution in [1.82, 2.24) is 15.0 Å². The average molecular weight is 253 g/mol. The minimum absolute atomic E-state index is 0.293. The van der Waals surface area contributed by atoms with E-state index < -0.39 is 5.60 Å². The van der Waals surface area contributed by atoms with Crippen molar-refractivity contribution >= 4 is 11.9 Å². The van der Waals surface area contributed by atoms with Gasteiger partial charge >= 0.3 is 6.01 Å². The van der Waals surface area contributed by atoms with Gasteiger partial charge in [0.1, 0.15) is 0 Å². The summed E-state index contributed by atoms with van der Waals surface area (Å²) in [6.45, 7) is 3.31. The summed E-state index contributed by atoms with van der Waals surface area (Å²) < 4.78 is 5.05. The first-order valence-electron chi connectivity index (χ1n) is 5.99. The molecular weight excluding hydrogens is 234 g/mol. The second-order valence-electron chi connectivity index (χ2n) is 4.68. The number of nitrogens with one attached hydrogen (secondary N) is 1. The number of hydrogen-bond acceptors (Lipinski definition) is 7. The molecule has 7 heteroatoms. The van der Waals surface area contributed by atoms with Crippen LogP contribution in [0.5, 0.6) is 6.01 Å². The van der Waals surface area contributed by atoms with Crippen molar-refractivity contribution in [2.24, 2.45) is 0 Å². The molecule has 100 valence electrons. The number of piperidine rings is 1. The SMILES string of the molecule is CNc1nc(OC)nc(N2CCC(C)(O)CC2)n1. The molecule has 1 fully saturated rings. The van der Waals surface area contributed by atoms with Gasteiger partial charge in [0.15, 0.2) is 0 Å². The molecule has 0 saturated carbocycles. The van der Waals surface area contributed by atoms with Crippen molar-refractivity contribution in [3.8, 4) is 6.01 Å². The van der Waals surface area contributed by atoms with E-state index >= 15 is 0 Å². The van der Waals surface area contributed by atoms with Crippen LogP contribution < -0.4 is 15.0 Å². The Morgan fingerprint density at radius 1 is 1.28 bits per heavy atom. The summed E-state index contributed by atoms with van der Waals surface area (Å²) in [4.78, 5) is 14.6. The lowest BCUT2D eigenvalue weighted by Crippen LogP contribution is -2.43. The number of rotatable bonds is 3. The van der Waals surface area contributed by atoms with Gasteiger partial charge in [0.2, 0.25) is 11.9 Å². The van der Waals surface area contributed by atoms with E-state index in [1.54, 1.807) is 7.05 Å². The lowest BCUT2D eigenvalue weighted by Gasteiger charge is -2.35. The molecule has 0 unspecified atom stereocenters. The Morgan fingerprint density at radius 3 is 2.50 bits per heavy atom. The zero-order valence-corrected chi connectivity index (χ0v) is 11.0. The lowest BCUT2D eigenvalue weighted by molar-refractivity contribution is 0.0348. The summed E-state index contributed by atoms with van der Waals surface area (Å²) in [5, 5.41) is 12.8. The number of nitrogens with zero attached hydrogens (tertiary/aromatic N) is 4.